The number of aromatic hydroxyl groups is 1. The smallest absolute Gasteiger partial charge is 0.251 e. The second-order valence-corrected chi connectivity index (χ2v) is 5.82. The van der Waals surface area contributed by atoms with E-state index in [1.54, 1.807) is 36.4 Å². The molecule has 0 radical (unpaired) electrons. The summed E-state index contributed by atoms with van der Waals surface area (Å²) in [5, 5.41) is 15.9. The van der Waals surface area contributed by atoms with E-state index in [1.165, 1.54) is 26.5 Å². The van der Waals surface area contributed by atoms with E-state index in [2.05, 4.69) is 15.8 Å². The Morgan fingerprint density at radius 1 is 1.11 bits per heavy atom. The number of nitrogens with zero attached hydrogens (tertiary/aromatic N) is 1. The predicted octanol–water partition coefficient (Wildman–Crippen LogP) is 2.07. The van der Waals surface area contributed by atoms with Crippen LogP contribution in [0, 0.1) is 0 Å². The highest BCUT2D eigenvalue weighted by atomic mass is 16.5. The lowest BCUT2D eigenvalue weighted by Crippen LogP contribution is -2.26. The van der Waals surface area contributed by atoms with E-state index in [4.69, 9.17) is 9.47 Å². The van der Waals surface area contributed by atoms with E-state index < -0.39 is 0 Å². The first-order valence-electron chi connectivity index (χ1n) is 8.64. The summed E-state index contributed by atoms with van der Waals surface area (Å²) in [4.78, 5) is 23.9. The summed E-state index contributed by atoms with van der Waals surface area (Å²) in [6.07, 6.45) is 2.12. The van der Waals surface area contributed by atoms with Gasteiger partial charge in [0.25, 0.3) is 5.91 Å². The first-order chi connectivity index (χ1) is 13.5. The van der Waals surface area contributed by atoms with Crippen molar-refractivity contribution in [2.75, 3.05) is 20.8 Å². The van der Waals surface area contributed by atoms with Gasteiger partial charge in [0.05, 0.1) is 20.4 Å². The van der Waals surface area contributed by atoms with Gasteiger partial charge in [-0.2, -0.15) is 5.10 Å². The molecule has 0 unspecified atom stereocenters. The number of hydrogen-bond acceptors (Lipinski definition) is 6. The number of phenols is 1. The van der Waals surface area contributed by atoms with Gasteiger partial charge in [0.15, 0.2) is 11.5 Å². The average molecular weight is 385 g/mol. The lowest BCUT2D eigenvalue weighted by molar-refractivity contribution is -0.121. The topological polar surface area (TPSA) is 109 Å². The number of carbonyl (C=O) groups excluding carboxylic acids is 2. The summed E-state index contributed by atoms with van der Waals surface area (Å²) >= 11 is 0. The molecule has 2 aromatic carbocycles. The van der Waals surface area contributed by atoms with Gasteiger partial charge in [0.1, 0.15) is 5.75 Å². The zero-order chi connectivity index (χ0) is 20.4. The van der Waals surface area contributed by atoms with Crippen molar-refractivity contribution in [2.24, 2.45) is 5.10 Å². The Kier molecular flexibility index (Phi) is 7.83. The van der Waals surface area contributed by atoms with Crippen molar-refractivity contribution in [3.63, 3.8) is 0 Å². The standard InChI is InChI=1S/C20H23N3O5/c1-27-17-9-8-15(12-18(17)28-2)20(26)21-10-4-7-19(25)23-22-13-14-5-3-6-16(24)11-14/h3,5-6,8-9,11-13,24H,4,7,10H2,1-2H3,(H,21,26)(H,23,25). The average Bonchev–Trinajstić information content (AvgIpc) is 2.70. The minimum atomic E-state index is -0.267. The zero-order valence-corrected chi connectivity index (χ0v) is 15.8. The number of benzene rings is 2. The van der Waals surface area contributed by atoms with Gasteiger partial charge in [-0.15, -0.1) is 0 Å². The van der Waals surface area contributed by atoms with E-state index in [0.29, 0.717) is 35.6 Å². The fourth-order valence-corrected chi connectivity index (χ4v) is 2.37. The third-order valence-corrected chi connectivity index (χ3v) is 3.78. The molecule has 2 rings (SSSR count). The summed E-state index contributed by atoms with van der Waals surface area (Å²) in [5.41, 5.74) is 3.52. The zero-order valence-electron chi connectivity index (χ0n) is 15.8. The molecular weight excluding hydrogens is 362 g/mol. The third kappa shape index (κ3) is 6.31. The number of rotatable bonds is 9. The van der Waals surface area contributed by atoms with Crippen molar-refractivity contribution >= 4 is 18.0 Å². The quantitative estimate of drug-likeness (QED) is 0.348. The minimum absolute atomic E-state index is 0.125. The van der Waals surface area contributed by atoms with Gasteiger partial charge < -0.3 is 19.9 Å². The maximum atomic E-state index is 12.2. The van der Waals surface area contributed by atoms with E-state index in [9.17, 15) is 14.7 Å². The largest absolute Gasteiger partial charge is 0.508 e. The third-order valence-electron chi connectivity index (χ3n) is 3.78. The lowest BCUT2D eigenvalue weighted by Gasteiger charge is -2.10. The van der Waals surface area contributed by atoms with E-state index >= 15 is 0 Å². The SMILES string of the molecule is COc1ccc(C(=O)NCCCC(=O)NN=Cc2cccc(O)c2)cc1OC. The second-order valence-electron chi connectivity index (χ2n) is 5.82. The first-order valence-corrected chi connectivity index (χ1v) is 8.64. The minimum Gasteiger partial charge on any atom is -0.508 e. The molecule has 0 aromatic heterocycles. The first kappa shape index (κ1) is 20.8. The number of nitrogens with one attached hydrogen (secondary N) is 2. The maximum Gasteiger partial charge on any atom is 0.251 e. The van der Waals surface area contributed by atoms with Gasteiger partial charge in [-0.1, -0.05) is 12.1 Å². The Morgan fingerprint density at radius 3 is 2.61 bits per heavy atom. The monoisotopic (exact) mass is 385 g/mol. The van der Waals surface area contributed by atoms with Gasteiger partial charge in [-0.05, 0) is 42.3 Å². The molecule has 3 N–H and O–H groups in total. The van der Waals surface area contributed by atoms with Crippen LogP contribution in [0.15, 0.2) is 47.6 Å². The molecule has 0 saturated carbocycles. The van der Waals surface area contributed by atoms with Crippen molar-refractivity contribution in [3.8, 4) is 17.2 Å². The highest BCUT2D eigenvalue weighted by Gasteiger charge is 2.10. The molecule has 0 bridgehead atoms. The van der Waals surface area contributed by atoms with Crippen molar-refractivity contribution in [1.82, 2.24) is 10.7 Å². The Hall–Kier alpha value is -3.55. The predicted molar refractivity (Wildman–Crippen MR) is 105 cm³/mol. The van der Waals surface area contributed by atoms with Crippen LogP contribution < -0.4 is 20.2 Å². The number of ether oxygens (including phenoxy) is 2. The van der Waals surface area contributed by atoms with Gasteiger partial charge in [0.2, 0.25) is 5.91 Å². The van der Waals surface area contributed by atoms with E-state index in [1.807, 2.05) is 0 Å². The number of hydrazone groups is 1. The Bertz CT molecular complexity index is 851. The number of phenolic OH excluding ortho intramolecular Hbond substituents is 1. The highest BCUT2D eigenvalue weighted by molar-refractivity contribution is 5.94. The van der Waals surface area contributed by atoms with Crippen LogP contribution >= 0.6 is 0 Å². The van der Waals surface area contributed by atoms with Crippen LogP contribution in [-0.2, 0) is 4.79 Å². The Labute approximate surface area is 163 Å². The molecular formula is C20H23N3O5. The molecule has 0 aliphatic carbocycles. The van der Waals surface area contributed by atoms with Gasteiger partial charge in [0, 0.05) is 18.5 Å². The number of carbonyl (C=O) groups is 2. The van der Waals surface area contributed by atoms with Crippen molar-refractivity contribution in [2.45, 2.75) is 12.8 Å². The van der Waals surface area contributed by atoms with Crippen LogP contribution in [-0.4, -0.2) is 43.9 Å². The lowest BCUT2D eigenvalue weighted by atomic mass is 10.2. The van der Waals surface area contributed by atoms with Crippen molar-refractivity contribution < 1.29 is 24.2 Å². The Balaban J connectivity index is 1.71. The summed E-state index contributed by atoms with van der Waals surface area (Å²) < 4.78 is 10.3. The van der Waals surface area contributed by atoms with E-state index in [0.717, 1.165) is 0 Å². The number of amides is 2. The molecule has 0 atom stereocenters. The molecule has 0 fully saturated rings. The molecule has 0 saturated heterocycles. The number of hydrogen-bond donors (Lipinski definition) is 3. The summed E-state index contributed by atoms with van der Waals surface area (Å²) in [6.45, 7) is 0.344. The normalized spacial score (nSPS) is 10.5. The number of methoxy groups -OCH3 is 2. The van der Waals surface area contributed by atoms with Crippen LogP contribution in [0.5, 0.6) is 17.2 Å². The molecule has 8 heteroatoms. The summed E-state index contributed by atoms with van der Waals surface area (Å²) in [5.74, 6) is 0.613. The summed E-state index contributed by atoms with van der Waals surface area (Å²) in [6, 6.07) is 11.4. The van der Waals surface area contributed by atoms with Crippen LogP contribution in [0.1, 0.15) is 28.8 Å². The fraction of sp³-hybridized carbons (Fsp3) is 0.250. The van der Waals surface area contributed by atoms with Crippen LogP contribution in [0.25, 0.3) is 0 Å². The molecule has 0 aliphatic heterocycles. The molecule has 2 amide bonds. The van der Waals surface area contributed by atoms with Crippen LogP contribution in [0.2, 0.25) is 0 Å². The molecule has 0 spiro atoms. The summed E-state index contributed by atoms with van der Waals surface area (Å²) in [7, 11) is 3.03. The molecule has 148 valence electrons. The van der Waals surface area contributed by atoms with Crippen molar-refractivity contribution in [3.05, 3.63) is 53.6 Å². The van der Waals surface area contributed by atoms with E-state index in [-0.39, 0.29) is 24.0 Å². The molecule has 2 aromatic rings. The molecule has 0 heterocycles. The molecule has 0 aliphatic rings. The second kappa shape index (κ2) is 10.6. The maximum absolute atomic E-state index is 12.2. The van der Waals surface area contributed by atoms with Crippen LogP contribution in [0.4, 0.5) is 0 Å². The van der Waals surface area contributed by atoms with Crippen molar-refractivity contribution in [1.29, 1.82) is 0 Å². The van der Waals surface area contributed by atoms with Crippen LogP contribution in [0.3, 0.4) is 0 Å². The fourth-order valence-electron chi connectivity index (χ4n) is 2.37. The Morgan fingerprint density at radius 2 is 1.89 bits per heavy atom. The highest BCUT2D eigenvalue weighted by Crippen LogP contribution is 2.27. The van der Waals surface area contributed by atoms with Gasteiger partial charge in [-0.3, -0.25) is 9.59 Å². The molecule has 8 nitrogen and oxygen atoms in total. The molecule has 28 heavy (non-hydrogen) atoms. The van der Waals surface area contributed by atoms with Gasteiger partial charge in [-0.25, -0.2) is 5.43 Å². The van der Waals surface area contributed by atoms with Gasteiger partial charge >= 0.3 is 0 Å².